The van der Waals surface area contributed by atoms with E-state index in [2.05, 4.69) is 15.3 Å². The van der Waals surface area contributed by atoms with Gasteiger partial charge in [0.25, 0.3) is 0 Å². The Morgan fingerprint density at radius 3 is 2.81 bits per heavy atom. The topological polar surface area (TPSA) is 73.3 Å². The van der Waals surface area contributed by atoms with Gasteiger partial charge in [-0.15, -0.1) is 0 Å². The zero-order valence-electron chi connectivity index (χ0n) is 12.0. The molecule has 0 radical (unpaired) electrons. The smallest absolute Gasteiger partial charge is 0.233 e. The zero-order valence-corrected chi connectivity index (χ0v) is 12.0. The lowest BCUT2D eigenvalue weighted by atomic mass is 9.98. The highest BCUT2D eigenvalue weighted by Gasteiger charge is 2.29. The first-order chi connectivity index (χ1) is 10.2. The Labute approximate surface area is 122 Å². The highest BCUT2D eigenvalue weighted by atomic mass is 16.5. The minimum Gasteiger partial charge on any atom is -0.481 e. The standard InChI is InChI=1S/C15H15N3O3/c1-8-13-9(5-4-6-16-13)12-10(17-14(8)19)7-11(20-2)18-15(12)21-3/h4-8H,1-3H3,(H,17,19). The highest BCUT2D eigenvalue weighted by molar-refractivity contribution is 6.03. The van der Waals surface area contributed by atoms with Crippen LogP contribution in [0.2, 0.25) is 0 Å². The molecule has 1 amide bonds. The van der Waals surface area contributed by atoms with Crippen LogP contribution in [0.1, 0.15) is 18.5 Å². The van der Waals surface area contributed by atoms with Crippen LogP contribution in [0.15, 0.2) is 24.4 Å². The van der Waals surface area contributed by atoms with Crippen molar-refractivity contribution >= 4 is 11.6 Å². The minimum atomic E-state index is -0.357. The molecule has 0 aliphatic carbocycles. The molecule has 1 unspecified atom stereocenters. The summed E-state index contributed by atoms with van der Waals surface area (Å²) in [6, 6.07) is 5.42. The molecule has 6 nitrogen and oxygen atoms in total. The van der Waals surface area contributed by atoms with Gasteiger partial charge >= 0.3 is 0 Å². The van der Waals surface area contributed by atoms with Crippen molar-refractivity contribution in [1.29, 1.82) is 0 Å². The second-order valence-corrected chi connectivity index (χ2v) is 4.74. The summed E-state index contributed by atoms with van der Waals surface area (Å²) in [6.07, 6.45) is 1.68. The predicted octanol–water partition coefficient (Wildman–Crippen LogP) is 2.22. The van der Waals surface area contributed by atoms with Gasteiger partial charge in [-0.05, 0) is 13.0 Å². The van der Waals surface area contributed by atoms with Gasteiger partial charge in [0, 0.05) is 17.8 Å². The second-order valence-electron chi connectivity index (χ2n) is 4.74. The SMILES string of the molecule is COc1cc2c(c(OC)n1)-c1cccnc1C(C)C(=O)N2. The first kappa shape index (κ1) is 13.4. The van der Waals surface area contributed by atoms with Gasteiger partial charge in [0.2, 0.25) is 17.7 Å². The molecule has 0 spiro atoms. The fourth-order valence-corrected chi connectivity index (χ4v) is 2.45. The van der Waals surface area contributed by atoms with Crippen molar-refractivity contribution in [2.75, 3.05) is 19.5 Å². The lowest BCUT2D eigenvalue weighted by Gasteiger charge is -2.13. The molecule has 3 heterocycles. The number of ether oxygens (including phenoxy) is 2. The van der Waals surface area contributed by atoms with Crippen molar-refractivity contribution in [1.82, 2.24) is 9.97 Å². The number of rotatable bonds is 2. The average Bonchev–Trinajstić information content (AvgIpc) is 2.62. The minimum absolute atomic E-state index is 0.121. The molecule has 0 saturated carbocycles. The number of amides is 1. The van der Waals surface area contributed by atoms with Crippen molar-refractivity contribution in [2.24, 2.45) is 0 Å². The van der Waals surface area contributed by atoms with Gasteiger partial charge in [-0.3, -0.25) is 9.78 Å². The fourth-order valence-electron chi connectivity index (χ4n) is 2.45. The molecule has 2 aromatic heterocycles. The molecule has 0 saturated heterocycles. The van der Waals surface area contributed by atoms with Crippen LogP contribution in [0.4, 0.5) is 5.69 Å². The highest BCUT2D eigenvalue weighted by Crippen LogP contribution is 2.43. The summed E-state index contributed by atoms with van der Waals surface area (Å²) < 4.78 is 10.5. The normalized spacial score (nSPS) is 16.3. The number of fused-ring (bicyclic) bond motifs is 3. The summed E-state index contributed by atoms with van der Waals surface area (Å²) >= 11 is 0. The largest absolute Gasteiger partial charge is 0.481 e. The molecular formula is C15H15N3O3. The maximum atomic E-state index is 12.3. The first-order valence-electron chi connectivity index (χ1n) is 6.55. The molecule has 0 aromatic carbocycles. The molecule has 0 fully saturated rings. The van der Waals surface area contributed by atoms with Crippen molar-refractivity contribution in [3.8, 4) is 22.9 Å². The maximum absolute atomic E-state index is 12.3. The quantitative estimate of drug-likeness (QED) is 0.915. The van der Waals surface area contributed by atoms with Crippen molar-refractivity contribution in [2.45, 2.75) is 12.8 Å². The lowest BCUT2D eigenvalue weighted by molar-refractivity contribution is -0.117. The molecule has 21 heavy (non-hydrogen) atoms. The predicted molar refractivity (Wildman–Crippen MR) is 77.6 cm³/mol. The van der Waals surface area contributed by atoms with Gasteiger partial charge in [-0.2, -0.15) is 4.98 Å². The van der Waals surface area contributed by atoms with Crippen LogP contribution in [-0.4, -0.2) is 30.1 Å². The third kappa shape index (κ3) is 2.08. The Bertz CT molecular complexity index is 715. The van der Waals surface area contributed by atoms with E-state index in [1.165, 1.54) is 14.2 Å². The Kier molecular flexibility index (Phi) is 3.21. The number of nitrogens with one attached hydrogen (secondary N) is 1. The van der Waals surface area contributed by atoms with E-state index in [-0.39, 0.29) is 11.8 Å². The van der Waals surface area contributed by atoms with E-state index in [9.17, 15) is 4.79 Å². The number of hydrogen-bond donors (Lipinski definition) is 1. The third-order valence-corrected chi connectivity index (χ3v) is 3.53. The number of hydrogen-bond acceptors (Lipinski definition) is 5. The van der Waals surface area contributed by atoms with E-state index in [0.29, 0.717) is 23.1 Å². The Morgan fingerprint density at radius 1 is 1.29 bits per heavy atom. The molecule has 6 heteroatoms. The Hall–Kier alpha value is -2.63. The van der Waals surface area contributed by atoms with Crippen molar-refractivity contribution in [3.05, 3.63) is 30.1 Å². The third-order valence-electron chi connectivity index (χ3n) is 3.53. The van der Waals surface area contributed by atoms with Crippen LogP contribution in [-0.2, 0) is 4.79 Å². The summed E-state index contributed by atoms with van der Waals surface area (Å²) in [6.45, 7) is 1.82. The summed E-state index contributed by atoms with van der Waals surface area (Å²) in [5.74, 6) is 0.298. The van der Waals surface area contributed by atoms with Crippen LogP contribution in [0, 0.1) is 0 Å². The van der Waals surface area contributed by atoms with Crippen LogP contribution in [0.3, 0.4) is 0 Å². The monoisotopic (exact) mass is 285 g/mol. The van der Waals surface area contributed by atoms with E-state index in [4.69, 9.17) is 9.47 Å². The number of carbonyl (C=O) groups is 1. The van der Waals surface area contributed by atoms with Gasteiger partial charge in [0.05, 0.1) is 37.1 Å². The maximum Gasteiger partial charge on any atom is 0.233 e. The molecule has 108 valence electrons. The molecule has 1 N–H and O–H groups in total. The number of methoxy groups -OCH3 is 2. The zero-order chi connectivity index (χ0) is 15.0. The summed E-state index contributed by atoms with van der Waals surface area (Å²) in [5.41, 5.74) is 2.88. The second kappa shape index (κ2) is 5.05. The molecular weight excluding hydrogens is 270 g/mol. The lowest BCUT2D eigenvalue weighted by Crippen LogP contribution is -2.18. The molecule has 0 bridgehead atoms. The van der Waals surface area contributed by atoms with Gasteiger partial charge in [0.15, 0.2) is 0 Å². The van der Waals surface area contributed by atoms with Crippen LogP contribution in [0.25, 0.3) is 11.1 Å². The Balaban J connectivity index is 2.35. The molecule has 1 atom stereocenters. The molecule has 2 aromatic rings. The molecule has 1 aliphatic heterocycles. The molecule has 1 aliphatic rings. The average molecular weight is 285 g/mol. The van der Waals surface area contributed by atoms with Gasteiger partial charge < -0.3 is 14.8 Å². The fraction of sp³-hybridized carbons (Fsp3) is 0.267. The number of pyridine rings is 2. The van der Waals surface area contributed by atoms with Gasteiger partial charge in [-0.25, -0.2) is 0 Å². The summed E-state index contributed by atoms with van der Waals surface area (Å²) in [4.78, 5) is 20.9. The van der Waals surface area contributed by atoms with Crippen molar-refractivity contribution in [3.63, 3.8) is 0 Å². The van der Waals surface area contributed by atoms with Crippen LogP contribution in [0.5, 0.6) is 11.8 Å². The Morgan fingerprint density at radius 2 is 2.10 bits per heavy atom. The van der Waals surface area contributed by atoms with Gasteiger partial charge in [-0.1, -0.05) is 6.07 Å². The van der Waals surface area contributed by atoms with Gasteiger partial charge in [0.1, 0.15) is 0 Å². The van der Waals surface area contributed by atoms with E-state index in [0.717, 1.165) is 11.1 Å². The van der Waals surface area contributed by atoms with Crippen LogP contribution >= 0.6 is 0 Å². The van der Waals surface area contributed by atoms with E-state index in [1.54, 1.807) is 12.3 Å². The number of nitrogens with zero attached hydrogens (tertiary/aromatic N) is 2. The van der Waals surface area contributed by atoms with E-state index < -0.39 is 0 Å². The van der Waals surface area contributed by atoms with E-state index >= 15 is 0 Å². The summed E-state index contributed by atoms with van der Waals surface area (Å²) in [5, 5.41) is 2.89. The first-order valence-corrected chi connectivity index (χ1v) is 6.55. The van der Waals surface area contributed by atoms with E-state index in [1.807, 2.05) is 19.1 Å². The number of anilines is 1. The van der Waals surface area contributed by atoms with Crippen LogP contribution < -0.4 is 14.8 Å². The van der Waals surface area contributed by atoms with Crippen molar-refractivity contribution < 1.29 is 14.3 Å². The summed E-state index contributed by atoms with van der Waals surface area (Å²) in [7, 11) is 3.05. The number of aromatic nitrogens is 2. The number of carbonyl (C=O) groups excluding carboxylic acids is 1. The molecule has 3 rings (SSSR count).